The first kappa shape index (κ1) is 20.2. The highest BCUT2D eigenvalue weighted by Crippen LogP contribution is 2.20. The van der Waals surface area contributed by atoms with E-state index in [0.29, 0.717) is 17.8 Å². The van der Waals surface area contributed by atoms with Gasteiger partial charge in [0.1, 0.15) is 11.3 Å². The van der Waals surface area contributed by atoms with Gasteiger partial charge in [0.2, 0.25) is 5.43 Å². The largest absolute Gasteiger partial charge is 0.497 e. The number of likely N-dealkylation sites (tertiary alicyclic amines) is 1. The summed E-state index contributed by atoms with van der Waals surface area (Å²) in [4.78, 5) is 30.6. The number of para-hydroxylation sites is 1. The summed E-state index contributed by atoms with van der Waals surface area (Å²) >= 11 is 0. The van der Waals surface area contributed by atoms with Gasteiger partial charge in [-0.05, 0) is 61.7 Å². The van der Waals surface area contributed by atoms with E-state index in [9.17, 15) is 9.59 Å². The molecule has 2 aromatic carbocycles. The molecule has 0 bridgehead atoms. The number of carbonyl (C=O) groups excluding carboxylic acids is 1. The molecule has 0 spiro atoms. The van der Waals surface area contributed by atoms with Crippen molar-refractivity contribution in [2.45, 2.75) is 19.4 Å². The Kier molecular flexibility index (Phi) is 6.14. The minimum atomic E-state index is -0.303. The van der Waals surface area contributed by atoms with Crippen LogP contribution in [0.15, 0.2) is 59.5 Å². The Morgan fingerprint density at radius 3 is 2.60 bits per heavy atom. The number of ether oxygens (including phenoxy) is 1. The molecule has 6 heteroatoms. The number of hydrogen-bond acceptors (Lipinski definition) is 4. The number of benzene rings is 2. The van der Waals surface area contributed by atoms with Gasteiger partial charge in [-0.2, -0.15) is 0 Å². The monoisotopic (exact) mass is 405 g/mol. The van der Waals surface area contributed by atoms with Crippen LogP contribution < -0.4 is 15.5 Å². The van der Waals surface area contributed by atoms with Gasteiger partial charge >= 0.3 is 0 Å². The van der Waals surface area contributed by atoms with E-state index >= 15 is 0 Å². The molecule has 6 nitrogen and oxygen atoms in total. The van der Waals surface area contributed by atoms with Crippen molar-refractivity contribution in [3.8, 4) is 5.75 Å². The Bertz CT molecular complexity index is 1070. The summed E-state index contributed by atoms with van der Waals surface area (Å²) in [6.45, 7) is 3.53. The number of pyridine rings is 1. The number of H-pyrrole nitrogens is 1. The number of rotatable bonds is 6. The molecule has 1 aliphatic heterocycles. The van der Waals surface area contributed by atoms with Crippen molar-refractivity contribution < 1.29 is 9.53 Å². The first-order valence-corrected chi connectivity index (χ1v) is 10.4. The van der Waals surface area contributed by atoms with Crippen molar-refractivity contribution >= 4 is 16.8 Å². The van der Waals surface area contributed by atoms with Crippen LogP contribution in [-0.2, 0) is 6.54 Å². The van der Waals surface area contributed by atoms with Crippen LogP contribution in [0.2, 0.25) is 0 Å². The fraction of sp³-hybridized carbons (Fsp3) is 0.333. The summed E-state index contributed by atoms with van der Waals surface area (Å²) < 4.78 is 5.21. The average molecular weight is 405 g/mol. The van der Waals surface area contributed by atoms with Gasteiger partial charge in [-0.3, -0.25) is 14.5 Å². The zero-order valence-corrected chi connectivity index (χ0v) is 17.2. The Hall–Kier alpha value is -3.12. The lowest BCUT2D eigenvalue weighted by Crippen LogP contribution is -2.39. The molecule has 0 radical (unpaired) electrons. The summed E-state index contributed by atoms with van der Waals surface area (Å²) in [6, 6.07) is 15.4. The zero-order chi connectivity index (χ0) is 20.9. The smallest absolute Gasteiger partial charge is 0.256 e. The first-order chi connectivity index (χ1) is 14.6. The number of nitrogens with one attached hydrogen (secondary N) is 2. The number of aromatic amines is 1. The molecule has 2 heterocycles. The number of methoxy groups -OCH3 is 1. The van der Waals surface area contributed by atoms with Crippen molar-refractivity contribution in [3.05, 3.63) is 76.1 Å². The summed E-state index contributed by atoms with van der Waals surface area (Å²) in [7, 11) is 1.68. The molecule has 1 amide bonds. The standard InChI is InChI=1S/C24H27N3O3/c1-30-19-8-6-18(7-9-19)16-27-12-10-17(11-13-27)14-26-24(29)21-15-25-22-5-3-2-4-20(22)23(21)28/h2-9,15,17H,10-14,16H2,1H3,(H,25,28)(H,26,29). The Morgan fingerprint density at radius 2 is 1.87 bits per heavy atom. The summed E-state index contributed by atoms with van der Waals surface area (Å²) in [6.07, 6.45) is 3.58. The van der Waals surface area contributed by atoms with Crippen LogP contribution in [0.5, 0.6) is 5.75 Å². The van der Waals surface area contributed by atoms with Crippen molar-refractivity contribution in [2.75, 3.05) is 26.7 Å². The third-order valence-corrected chi connectivity index (χ3v) is 5.86. The second-order valence-corrected chi connectivity index (χ2v) is 7.85. The predicted molar refractivity (Wildman–Crippen MR) is 118 cm³/mol. The second kappa shape index (κ2) is 9.13. The Balaban J connectivity index is 1.28. The fourth-order valence-corrected chi connectivity index (χ4v) is 4.01. The molecule has 1 fully saturated rings. The molecule has 0 unspecified atom stereocenters. The van der Waals surface area contributed by atoms with Crippen molar-refractivity contribution in [1.82, 2.24) is 15.2 Å². The highest BCUT2D eigenvalue weighted by Gasteiger charge is 2.21. The predicted octanol–water partition coefficient (Wildman–Crippen LogP) is 3.18. The highest BCUT2D eigenvalue weighted by molar-refractivity contribution is 5.97. The quantitative estimate of drug-likeness (QED) is 0.661. The number of aromatic nitrogens is 1. The summed E-state index contributed by atoms with van der Waals surface area (Å²) in [5, 5.41) is 3.50. The summed E-state index contributed by atoms with van der Waals surface area (Å²) in [5.74, 6) is 1.00. The van der Waals surface area contributed by atoms with Crippen LogP contribution in [0.3, 0.4) is 0 Å². The number of nitrogens with zero attached hydrogens (tertiary/aromatic N) is 1. The molecule has 1 aromatic heterocycles. The third-order valence-electron chi connectivity index (χ3n) is 5.86. The third kappa shape index (κ3) is 4.54. The second-order valence-electron chi connectivity index (χ2n) is 7.85. The van der Waals surface area contributed by atoms with Crippen molar-refractivity contribution in [2.24, 2.45) is 5.92 Å². The van der Waals surface area contributed by atoms with Crippen LogP contribution in [0.25, 0.3) is 10.9 Å². The molecule has 1 saturated heterocycles. The van der Waals surface area contributed by atoms with Crippen molar-refractivity contribution in [1.29, 1.82) is 0 Å². The number of carbonyl (C=O) groups is 1. The Labute approximate surface area is 175 Å². The SMILES string of the molecule is COc1ccc(CN2CCC(CNC(=O)c3c[nH]c4ccccc4c3=O)CC2)cc1. The lowest BCUT2D eigenvalue weighted by molar-refractivity contribution is 0.0934. The molecule has 0 saturated carbocycles. The maximum Gasteiger partial charge on any atom is 0.256 e. The van der Waals surface area contributed by atoms with E-state index in [1.807, 2.05) is 24.3 Å². The van der Waals surface area contributed by atoms with Gasteiger partial charge in [-0.1, -0.05) is 24.3 Å². The minimum Gasteiger partial charge on any atom is -0.497 e. The van der Waals surface area contributed by atoms with E-state index in [-0.39, 0.29) is 16.9 Å². The lowest BCUT2D eigenvalue weighted by Gasteiger charge is -2.32. The molecule has 30 heavy (non-hydrogen) atoms. The molecule has 2 N–H and O–H groups in total. The van der Waals surface area contributed by atoms with Crippen LogP contribution >= 0.6 is 0 Å². The number of amides is 1. The van der Waals surface area contributed by atoms with E-state index in [4.69, 9.17) is 4.74 Å². The van der Waals surface area contributed by atoms with Crippen LogP contribution in [0.1, 0.15) is 28.8 Å². The van der Waals surface area contributed by atoms with Crippen LogP contribution in [0, 0.1) is 5.92 Å². The normalized spacial score (nSPS) is 15.2. The van der Waals surface area contributed by atoms with Crippen molar-refractivity contribution in [3.63, 3.8) is 0 Å². The van der Waals surface area contributed by atoms with Gasteiger partial charge in [0.15, 0.2) is 0 Å². The number of fused-ring (bicyclic) bond motifs is 1. The molecule has 3 aromatic rings. The minimum absolute atomic E-state index is 0.172. The molecular formula is C24H27N3O3. The van der Waals surface area contributed by atoms with Gasteiger partial charge in [0, 0.05) is 30.2 Å². The van der Waals surface area contributed by atoms with Gasteiger partial charge in [0.25, 0.3) is 5.91 Å². The molecule has 1 aliphatic rings. The Morgan fingerprint density at radius 1 is 1.13 bits per heavy atom. The molecule has 4 rings (SSSR count). The van der Waals surface area contributed by atoms with Crippen LogP contribution in [-0.4, -0.2) is 42.5 Å². The topological polar surface area (TPSA) is 74.4 Å². The lowest BCUT2D eigenvalue weighted by atomic mass is 9.96. The maximum absolute atomic E-state index is 12.6. The van der Waals surface area contributed by atoms with Gasteiger partial charge in [-0.15, -0.1) is 0 Å². The van der Waals surface area contributed by atoms with Crippen LogP contribution in [0.4, 0.5) is 0 Å². The molecule has 0 atom stereocenters. The average Bonchev–Trinajstić information content (AvgIpc) is 2.79. The molecule has 0 aliphatic carbocycles. The first-order valence-electron chi connectivity index (χ1n) is 10.4. The zero-order valence-electron chi connectivity index (χ0n) is 17.2. The van der Waals surface area contributed by atoms with E-state index < -0.39 is 0 Å². The van der Waals surface area contributed by atoms with E-state index in [2.05, 4.69) is 27.3 Å². The highest BCUT2D eigenvalue weighted by atomic mass is 16.5. The summed E-state index contributed by atoms with van der Waals surface area (Å²) in [5.41, 5.74) is 1.96. The number of hydrogen-bond donors (Lipinski definition) is 2. The fourth-order valence-electron chi connectivity index (χ4n) is 4.01. The van der Waals surface area contributed by atoms with Gasteiger partial charge in [-0.25, -0.2) is 0 Å². The van der Waals surface area contributed by atoms with Gasteiger partial charge < -0.3 is 15.0 Å². The van der Waals surface area contributed by atoms with E-state index in [1.54, 1.807) is 19.2 Å². The maximum atomic E-state index is 12.6. The van der Waals surface area contributed by atoms with E-state index in [0.717, 1.165) is 43.7 Å². The molecule has 156 valence electrons. The number of piperidine rings is 1. The molecular weight excluding hydrogens is 378 g/mol. The van der Waals surface area contributed by atoms with Gasteiger partial charge in [0.05, 0.1) is 7.11 Å². The van der Waals surface area contributed by atoms with E-state index in [1.165, 1.54) is 11.8 Å².